The number of rotatable bonds is 12. The Kier molecular flexibility index (Phi) is 10.1. The third-order valence-corrected chi connectivity index (χ3v) is 9.53. The van der Waals surface area contributed by atoms with Gasteiger partial charge in [-0.25, -0.2) is 0 Å². The summed E-state index contributed by atoms with van der Waals surface area (Å²) in [4.78, 5) is 17.2. The maximum atomic E-state index is 13.7. The second kappa shape index (κ2) is 13.7. The molecule has 8 nitrogen and oxygen atoms in total. The van der Waals surface area contributed by atoms with Gasteiger partial charge in [0.15, 0.2) is 0 Å². The minimum atomic E-state index is -4.97. The lowest BCUT2D eigenvalue weighted by molar-refractivity contribution is -0.151. The van der Waals surface area contributed by atoms with Crippen LogP contribution in [0.15, 0.2) is 30.3 Å². The van der Waals surface area contributed by atoms with Crippen LogP contribution in [0, 0.1) is 5.41 Å². The highest BCUT2D eigenvalue weighted by Crippen LogP contribution is 2.41. The predicted octanol–water partition coefficient (Wildman–Crippen LogP) is 7.58. The molecule has 0 spiro atoms. The Labute approximate surface area is 269 Å². The van der Waals surface area contributed by atoms with Crippen LogP contribution in [0.3, 0.4) is 0 Å². The average Bonchev–Trinajstić information content (AvgIpc) is 3.66. The van der Waals surface area contributed by atoms with Gasteiger partial charge in [-0.15, -0.1) is 5.10 Å². The number of aliphatic carboxylic acids is 1. The molecule has 1 N–H and O–H groups in total. The van der Waals surface area contributed by atoms with Crippen molar-refractivity contribution in [1.82, 2.24) is 20.2 Å². The van der Waals surface area contributed by atoms with Gasteiger partial charge in [-0.05, 0) is 104 Å². The number of aromatic nitrogens is 4. The van der Waals surface area contributed by atoms with Gasteiger partial charge < -0.3 is 14.9 Å². The van der Waals surface area contributed by atoms with Crippen LogP contribution >= 0.6 is 0 Å². The van der Waals surface area contributed by atoms with E-state index in [4.69, 9.17) is 0 Å². The summed E-state index contributed by atoms with van der Waals surface area (Å²) < 4.78 is 82.1. The van der Waals surface area contributed by atoms with Crippen molar-refractivity contribution < 1.29 is 36.2 Å². The topological polar surface area (TPSA) is 87.4 Å². The van der Waals surface area contributed by atoms with Crippen LogP contribution in [-0.4, -0.2) is 44.4 Å². The van der Waals surface area contributed by atoms with E-state index in [1.165, 1.54) is 22.3 Å². The molecule has 2 aromatic carbocycles. The fourth-order valence-corrected chi connectivity index (χ4v) is 7.07. The van der Waals surface area contributed by atoms with Crippen molar-refractivity contribution >= 4 is 17.6 Å². The molecule has 0 radical (unpaired) electrons. The minimum absolute atomic E-state index is 0.0636. The number of anilines is 2. The molecule has 5 rings (SSSR count). The first-order valence-electron chi connectivity index (χ1n) is 16.1. The highest BCUT2D eigenvalue weighted by molar-refractivity contribution is 5.74. The summed E-state index contributed by atoms with van der Waals surface area (Å²) in [6.45, 7) is 3.00. The molecule has 14 heteroatoms. The number of aryl methyl sites for hydroxylation is 3. The third kappa shape index (κ3) is 8.01. The van der Waals surface area contributed by atoms with Crippen molar-refractivity contribution in [2.75, 3.05) is 22.9 Å². The molecule has 0 aliphatic heterocycles. The van der Waals surface area contributed by atoms with E-state index in [0.717, 1.165) is 67.5 Å². The van der Waals surface area contributed by atoms with Crippen LogP contribution in [0.25, 0.3) is 0 Å². The Morgan fingerprint density at radius 3 is 2.09 bits per heavy atom. The predicted molar refractivity (Wildman–Crippen MR) is 164 cm³/mol. The van der Waals surface area contributed by atoms with E-state index in [1.807, 2.05) is 6.92 Å². The lowest BCUT2D eigenvalue weighted by Gasteiger charge is -2.34. The molecule has 256 valence electrons. The zero-order valence-corrected chi connectivity index (χ0v) is 26.6. The molecule has 1 saturated carbocycles. The Morgan fingerprint density at radius 2 is 1.53 bits per heavy atom. The van der Waals surface area contributed by atoms with E-state index in [0.29, 0.717) is 38.8 Å². The van der Waals surface area contributed by atoms with Crippen molar-refractivity contribution in [2.45, 2.75) is 96.6 Å². The number of hydrogen-bond donors (Lipinski definition) is 1. The number of fused-ring (bicyclic) bond motifs is 1. The molecule has 0 unspecified atom stereocenters. The Morgan fingerprint density at radius 1 is 0.894 bits per heavy atom. The van der Waals surface area contributed by atoms with Gasteiger partial charge in [0.2, 0.25) is 0 Å². The van der Waals surface area contributed by atoms with E-state index >= 15 is 0 Å². The molecule has 0 saturated heterocycles. The zero-order valence-electron chi connectivity index (χ0n) is 26.6. The van der Waals surface area contributed by atoms with Gasteiger partial charge in [-0.3, -0.25) is 4.79 Å². The lowest BCUT2D eigenvalue weighted by Crippen LogP contribution is -2.35. The normalized spacial score (nSPS) is 16.3. The van der Waals surface area contributed by atoms with Gasteiger partial charge in [0.1, 0.15) is 0 Å². The van der Waals surface area contributed by atoms with Crippen molar-refractivity contribution in [1.29, 1.82) is 0 Å². The summed E-state index contributed by atoms with van der Waals surface area (Å²) in [5.74, 6) is -0.678. The van der Waals surface area contributed by atoms with Gasteiger partial charge in [-0.2, -0.15) is 31.1 Å². The molecule has 2 aliphatic rings. The summed E-state index contributed by atoms with van der Waals surface area (Å²) in [5, 5.41) is 22.2. The van der Waals surface area contributed by atoms with E-state index in [1.54, 1.807) is 0 Å². The number of halogens is 6. The SMILES string of the molecule is CCN(CCCC1(C(=O)O)CCCCC1)c1cc2c(cc1CN(Cc1cc(C(F)(F)F)cc(C(F)(F)F)c1)c1nnn(C)n1)CCC2. The van der Waals surface area contributed by atoms with E-state index in [2.05, 4.69) is 32.4 Å². The van der Waals surface area contributed by atoms with Crippen LogP contribution in [-0.2, 0) is 50.1 Å². The number of nitrogens with zero attached hydrogens (tertiary/aromatic N) is 6. The summed E-state index contributed by atoms with van der Waals surface area (Å²) in [6, 6.07) is 5.77. The molecule has 0 atom stereocenters. The molecule has 0 bridgehead atoms. The van der Waals surface area contributed by atoms with E-state index in [-0.39, 0.29) is 30.7 Å². The van der Waals surface area contributed by atoms with Gasteiger partial charge in [0.05, 0.1) is 23.6 Å². The molecule has 1 heterocycles. The summed E-state index contributed by atoms with van der Waals surface area (Å²) in [7, 11) is 1.52. The quantitative estimate of drug-likeness (QED) is 0.200. The highest BCUT2D eigenvalue weighted by atomic mass is 19.4. The molecule has 1 fully saturated rings. The monoisotopic (exact) mass is 666 g/mol. The largest absolute Gasteiger partial charge is 0.481 e. The summed E-state index contributed by atoms with van der Waals surface area (Å²) >= 11 is 0. The van der Waals surface area contributed by atoms with Crippen molar-refractivity contribution in [3.63, 3.8) is 0 Å². The number of carboxylic acids is 1. The summed E-state index contributed by atoms with van der Waals surface area (Å²) in [5.41, 5.74) is 0.395. The van der Waals surface area contributed by atoms with Crippen molar-refractivity contribution in [3.8, 4) is 0 Å². The molecular weight excluding hydrogens is 626 g/mol. The van der Waals surface area contributed by atoms with Crippen LogP contribution in [0.5, 0.6) is 0 Å². The number of hydrogen-bond acceptors (Lipinski definition) is 6. The number of alkyl halides is 6. The molecule has 3 aromatic rings. The van der Waals surface area contributed by atoms with Gasteiger partial charge >= 0.3 is 18.3 Å². The molecule has 1 aromatic heterocycles. The van der Waals surface area contributed by atoms with Crippen LogP contribution in [0.1, 0.15) is 91.7 Å². The van der Waals surface area contributed by atoms with Crippen molar-refractivity contribution in [2.24, 2.45) is 12.5 Å². The molecule has 47 heavy (non-hydrogen) atoms. The van der Waals surface area contributed by atoms with Gasteiger partial charge in [0.25, 0.3) is 5.95 Å². The number of benzene rings is 2. The lowest BCUT2D eigenvalue weighted by atomic mass is 9.71. The smallest absolute Gasteiger partial charge is 0.416 e. The first-order valence-corrected chi connectivity index (χ1v) is 16.1. The Hall–Kier alpha value is -3.84. The van der Waals surface area contributed by atoms with E-state index < -0.39 is 34.9 Å². The Balaban J connectivity index is 1.48. The first-order chi connectivity index (χ1) is 22.2. The fourth-order valence-electron chi connectivity index (χ4n) is 7.07. The summed E-state index contributed by atoms with van der Waals surface area (Å²) in [6.07, 6.45) is -1.78. The number of carbonyl (C=O) groups is 1. The Bertz CT molecular complexity index is 1530. The van der Waals surface area contributed by atoms with Crippen LogP contribution in [0.2, 0.25) is 0 Å². The third-order valence-electron chi connectivity index (χ3n) is 9.53. The number of carboxylic acid groups (broad SMARTS) is 1. The minimum Gasteiger partial charge on any atom is -0.481 e. The zero-order chi connectivity index (χ0) is 34.0. The van der Waals surface area contributed by atoms with Crippen molar-refractivity contribution in [3.05, 3.63) is 63.7 Å². The van der Waals surface area contributed by atoms with Crippen LogP contribution < -0.4 is 9.80 Å². The molecule has 2 aliphatic carbocycles. The highest BCUT2D eigenvalue weighted by Gasteiger charge is 2.39. The number of tetrazole rings is 1. The van der Waals surface area contributed by atoms with Gasteiger partial charge in [-0.1, -0.05) is 30.4 Å². The maximum absolute atomic E-state index is 13.7. The molecule has 0 amide bonds. The second-order valence-electron chi connectivity index (χ2n) is 12.8. The maximum Gasteiger partial charge on any atom is 0.416 e. The van der Waals surface area contributed by atoms with Crippen LogP contribution in [0.4, 0.5) is 38.0 Å². The average molecular weight is 667 g/mol. The van der Waals surface area contributed by atoms with E-state index in [9.17, 15) is 36.2 Å². The molecular formula is C33H40F6N6O2. The second-order valence-corrected chi connectivity index (χ2v) is 12.8. The fraction of sp³-hybridized carbons (Fsp3) is 0.576. The first kappa shape index (κ1) is 34.5. The van der Waals surface area contributed by atoms with Gasteiger partial charge in [0, 0.05) is 31.9 Å². The standard InChI is InChI=1S/C33H40F6N6O2/c1-3-44(14-8-13-31(29(46)47)11-5-4-6-12-31)28-18-24-10-7-9-23(24)17-25(28)21-45(30-40-42-43(2)41-30)20-22-15-26(32(34,35)36)19-27(16-22)33(37,38)39/h15-19H,3-14,20-21H2,1-2H3,(H,46,47).